The van der Waals surface area contributed by atoms with Crippen molar-refractivity contribution in [1.29, 1.82) is 0 Å². The lowest BCUT2D eigenvalue weighted by Gasteiger charge is -2.26. The number of halogens is 3. The number of rotatable bonds is 4. The number of hydrogen-bond donors (Lipinski definition) is 1. The second-order valence-corrected chi connectivity index (χ2v) is 8.27. The highest BCUT2D eigenvalue weighted by molar-refractivity contribution is 6.34. The quantitative estimate of drug-likeness (QED) is 0.609. The summed E-state index contributed by atoms with van der Waals surface area (Å²) in [6, 6.07) is 3.33. The predicted octanol–water partition coefficient (Wildman–Crippen LogP) is 4.72. The molecular formula is C22H23ClF2N6O. The second-order valence-electron chi connectivity index (χ2n) is 7.89. The van der Waals surface area contributed by atoms with Gasteiger partial charge in [-0.2, -0.15) is 5.10 Å². The Balaban J connectivity index is 1.81. The first kappa shape index (κ1) is 22.1. The van der Waals surface area contributed by atoms with E-state index in [0.717, 1.165) is 0 Å². The summed E-state index contributed by atoms with van der Waals surface area (Å²) in [4.78, 5) is 23.7. The van der Waals surface area contributed by atoms with Crippen LogP contribution in [0.25, 0.3) is 11.3 Å². The third kappa shape index (κ3) is 4.57. The first-order chi connectivity index (χ1) is 15.2. The van der Waals surface area contributed by atoms with Gasteiger partial charge in [0.05, 0.1) is 22.5 Å². The van der Waals surface area contributed by atoms with Crippen LogP contribution in [0, 0.1) is 6.92 Å². The molecule has 168 valence electrons. The number of aryl methyl sites for hydroxylation is 1. The summed E-state index contributed by atoms with van der Waals surface area (Å²) in [7, 11) is 1.78. The largest absolute Gasteiger partial charge is 0.356 e. The standard InChI is InChI=1S/C22H23ClF2N6O/c1-14-17(21(32)28-16-4-8-26-9-5-16)20(31-10-3-6-22(24,25)7-11-31)29-19(18(14)23)15-12-27-30(2)13-15/h4-5,8-9,12-13H,3,6-7,10-11H2,1-2H3,(H,26,28,32). The van der Waals surface area contributed by atoms with E-state index in [0.29, 0.717) is 46.3 Å². The maximum absolute atomic E-state index is 14.0. The molecule has 3 aromatic heterocycles. The fourth-order valence-electron chi connectivity index (χ4n) is 3.81. The summed E-state index contributed by atoms with van der Waals surface area (Å²) in [6.07, 6.45) is 6.33. The highest BCUT2D eigenvalue weighted by Gasteiger charge is 2.34. The zero-order chi connectivity index (χ0) is 22.9. The van der Waals surface area contributed by atoms with Crippen molar-refractivity contribution in [3.05, 3.63) is 53.1 Å². The topological polar surface area (TPSA) is 75.9 Å². The van der Waals surface area contributed by atoms with Crippen molar-refractivity contribution < 1.29 is 13.6 Å². The van der Waals surface area contributed by atoms with E-state index in [1.165, 1.54) is 0 Å². The van der Waals surface area contributed by atoms with E-state index in [4.69, 9.17) is 16.6 Å². The SMILES string of the molecule is Cc1c(Cl)c(-c2cnn(C)c2)nc(N2CCCC(F)(F)CC2)c1C(=O)Nc1ccncc1. The first-order valence-electron chi connectivity index (χ1n) is 10.3. The lowest BCUT2D eigenvalue weighted by atomic mass is 10.0. The molecule has 0 radical (unpaired) electrons. The molecule has 0 aromatic carbocycles. The number of hydrogen-bond acceptors (Lipinski definition) is 5. The number of alkyl halides is 2. The Bertz CT molecular complexity index is 1130. The number of pyridine rings is 2. The van der Waals surface area contributed by atoms with Crippen LogP contribution in [-0.4, -0.2) is 44.7 Å². The molecule has 10 heteroatoms. The van der Waals surface area contributed by atoms with E-state index in [9.17, 15) is 13.6 Å². The molecule has 0 bridgehead atoms. The van der Waals surface area contributed by atoms with Crippen LogP contribution >= 0.6 is 11.6 Å². The molecule has 1 aliphatic rings. The zero-order valence-electron chi connectivity index (χ0n) is 17.8. The van der Waals surface area contributed by atoms with Gasteiger partial charge in [-0.3, -0.25) is 14.5 Å². The van der Waals surface area contributed by atoms with E-state index in [-0.39, 0.29) is 24.9 Å². The van der Waals surface area contributed by atoms with Gasteiger partial charge in [0.1, 0.15) is 5.82 Å². The maximum Gasteiger partial charge on any atom is 0.259 e. The number of amides is 1. The molecule has 1 aliphatic heterocycles. The number of nitrogens with zero attached hydrogens (tertiary/aromatic N) is 5. The molecule has 0 spiro atoms. The van der Waals surface area contributed by atoms with Crippen LogP contribution in [0.1, 0.15) is 35.2 Å². The molecule has 0 aliphatic carbocycles. The number of carbonyl (C=O) groups is 1. The molecule has 1 amide bonds. The molecule has 3 aromatic rings. The molecule has 7 nitrogen and oxygen atoms in total. The smallest absolute Gasteiger partial charge is 0.259 e. The molecule has 32 heavy (non-hydrogen) atoms. The monoisotopic (exact) mass is 460 g/mol. The Morgan fingerprint density at radius 2 is 1.97 bits per heavy atom. The van der Waals surface area contributed by atoms with E-state index < -0.39 is 11.8 Å². The van der Waals surface area contributed by atoms with Gasteiger partial charge in [-0.05, 0) is 31.0 Å². The third-order valence-electron chi connectivity index (χ3n) is 5.51. The molecular weight excluding hydrogens is 438 g/mol. The van der Waals surface area contributed by atoms with Gasteiger partial charge in [-0.15, -0.1) is 0 Å². The van der Waals surface area contributed by atoms with Crippen LogP contribution in [0.2, 0.25) is 5.02 Å². The fourth-order valence-corrected chi connectivity index (χ4v) is 4.05. The number of aromatic nitrogens is 4. The molecule has 1 fully saturated rings. The number of anilines is 2. The Hall–Kier alpha value is -3.07. The lowest BCUT2D eigenvalue weighted by Crippen LogP contribution is -2.30. The molecule has 0 unspecified atom stereocenters. The summed E-state index contributed by atoms with van der Waals surface area (Å²) in [5.74, 6) is -2.80. The van der Waals surface area contributed by atoms with E-state index >= 15 is 0 Å². The lowest BCUT2D eigenvalue weighted by molar-refractivity contribution is -0.0102. The summed E-state index contributed by atoms with van der Waals surface area (Å²) in [5.41, 5.74) is 2.50. The third-order valence-corrected chi connectivity index (χ3v) is 5.98. The molecule has 4 heterocycles. The van der Waals surface area contributed by atoms with Gasteiger partial charge < -0.3 is 10.2 Å². The van der Waals surface area contributed by atoms with Crippen LogP contribution in [0.3, 0.4) is 0 Å². The molecule has 4 rings (SSSR count). The summed E-state index contributed by atoms with van der Waals surface area (Å²) >= 11 is 6.65. The van der Waals surface area contributed by atoms with Crippen LogP contribution < -0.4 is 10.2 Å². The average molecular weight is 461 g/mol. The van der Waals surface area contributed by atoms with Crippen LogP contribution in [0.15, 0.2) is 36.9 Å². The van der Waals surface area contributed by atoms with Crippen LogP contribution in [0.4, 0.5) is 20.3 Å². The molecule has 0 saturated carbocycles. The first-order valence-corrected chi connectivity index (χ1v) is 10.7. The van der Waals surface area contributed by atoms with E-state index in [1.807, 2.05) is 0 Å². The summed E-state index contributed by atoms with van der Waals surface area (Å²) in [6.45, 7) is 2.19. The molecule has 0 atom stereocenters. The van der Waals surface area contributed by atoms with Crippen LogP contribution in [-0.2, 0) is 7.05 Å². The minimum Gasteiger partial charge on any atom is -0.356 e. The van der Waals surface area contributed by atoms with Crippen molar-refractivity contribution in [3.8, 4) is 11.3 Å². The highest BCUT2D eigenvalue weighted by Crippen LogP contribution is 2.37. The second kappa shape index (κ2) is 8.82. The van der Waals surface area contributed by atoms with Crippen molar-refractivity contribution in [3.63, 3.8) is 0 Å². The van der Waals surface area contributed by atoms with Crippen LogP contribution in [0.5, 0.6) is 0 Å². The zero-order valence-corrected chi connectivity index (χ0v) is 18.5. The van der Waals surface area contributed by atoms with Crippen molar-refractivity contribution in [2.75, 3.05) is 23.3 Å². The summed E-state index contributed by atoms with van der Waals surface area (Å²) in [5, 5.41) is 7.33. The van der Waals surface area contributed by atoms with Gasteiger partial charge in [-0.25, -0.2) is 13.8 Å². The minimum absolute atomic E-state index is 0.0864. The van der Waals surface area contributed by atoms with Crippen molar-refractivity contribution >= 4 is 29.0 Å². The summed E-state index contributed by atoms with van der Waals surface area (Å²) < 4.78 is 29.7. The maximum atomic E-state index is 14.0. The number of nitrogens with one attached hydrogen (secondary N) is 1. The van der Waals surface area contributed by atoms with Gasteiger partial charge in [0.15, 0.2) is 0 Å². The Morgan fingerprint density at radius 1 is 1.22 bits per heavy atom. The van der Waals surface area contributed by atoms with Crippen molar-refractivity contribution in [2.45, 2.75) is 32.1 Å². The Morgan fingerprint density at radius 3 is 2.66 bits per heavy atom. The van der Waals surface area contributed by atoms with Gasteiger partial charge >= 0.3 is 0 Å². The molecule has 1 saturated heterocycles. The molecule has 1 N–H and O–H groups in total. The highest BCUT2D eigenvalue weighted by atomic mass is 35.5. The van der Waals surface area contributed by atoms with E-state index in [2.05, 4.69) is 15.4 Å². The van der Waals surface area contributed by atoms with Crippen molar-refractivity contribution in [1.82, 2.24) is 19.7 Å². The van der Waals surface area contributed by atoms with Gasteiger partial charge in [0.2, 0.25) is 5.92 Å². The normalized spacial score (nSPS) is 16.0. The predicted molar refractivity (Wildman–Crippen MR) is 119 cm³/mol. The van der Waals surface area contributed by atoms with Gasteiger partial charge in [0.25, 0.3) is 5.91 Å². The fraction of sp³-hybridized carbons (Fsp3) is 0.364. The van der Waals surface area contributed by atoms with E-state index in [1.54, 1.807) is 60.5 Å². The van der Waals surface area contributed by atoms with Gasteiger partial charge in [-0.1, -0.05) is 11.6 Å². The number of carbonyl (C=O) groups excluding carboxylic acids is 1. The Labute approximate surface area is 189 Å². The minimum atomic E-state index is -2.73. The Kier molecular flexibility index (Phi) is 6.10. The average Bonchev–Trinajstić information content (AvgIpc) is 3.10. The van der Waals surface area contributed by atoms with Gasteiger partial charge in [0, 0.05) is 62.8 Å². The van der Waals surface area contributed by atoms with Crippen molar-refractivity contribution in [2.24, 2.45) is 7.05 Å².